The molecule has 0 radical (unpaired) electrons. The van der Waals surface area contributed by atoms with Crippen molar-refractivity contribution in [1.29, 1.82) is 0 Å². The molecule has 5 nitrogen and oxygen atoms in total. The smallest absolute Gasteiger partial charge is 0.311 e. The molecule has 0 amide bonds. The first-order valence-electron chi connectivity index (χ1n) is 9.32. The molecule has 0 aliphatic carbocycles. The Kier molecular flexibility index (Phi) is 4.59. The lowest BCUT2D eigenvalue weighted by atomic mass is 9.72. The van der Waals surface area contributed by atoms with Gasteiger partial charge in [-0.2, -0.15) is 0 Å². The minimum Gasteiger partial charge on any atom is -0.469 e. The van der Waals surface area contributed by atoms with Crippen LogP contribution in [-0.4, -0.2) is 47.8 Å². The Morgan fingerprint density at radius 1 is 1.50 bits per heavy atom. The average Bonchev–Trinajstić information content (AvgIpc) is 3.07. The number of esters is 1. The molecular formula is C21H26N2O3. The number of methoxy groups -OCH3 is 1. The van der Waals surface area contributed by atoms with E-state index in [1.807, 2.05) is 6.08 Å². The summed E-state index contributed by atoms with van der Waals surface area (Å²) in [5, 5.41) is 11.1. The van der Waals surface area contributed by atoms with Crippen LogP contribution in [0.25, 0.3) is 10.9 Å². The highest BCUT2D eigenvalue weighted by molar-refractivity contribution is 5.85. The van der Waals surface area contributed by atoms with E-state index < -0.39 is 5.92 Å². The molecule has 2 aliphatic rings. The number of H-pyrrole nitrogens is 1. The van der Waals surface area contributed by atoms with Crippen LogP contribution in [0.15, 0.2) is 36.9 Å². The number of carbonyl (C=O) groups excluding carboxylic acids is 1. The van der Waals surface area contributed by atoms with Crippen molar-refractivity contribution >= 4 is 16.9 Å². The third-order valence-corrected chi connectivity index (χ3v) is 6.28. The van der Waals surface area contributed by atoms with Gasteiger partial charge < -0.3 is 14.8 Å². The van der Waals surface area contributed by atoms with Gasteiger partial charge in [0.2, 0.25) is 0 Å². The van der Waals surface area contributed by atoms with Crippen LogP contribution in [0.5, 0.6) is 0 Å². The van der Waals surface area contributed by atoms with Gasteiger partial charge in [-0.05, 0) is 36.3 Å². The number of hydrogen-bond acceptors (Lipinski definition) is 4. The Balaban J connectivity index is 1.71. The Morgan fingerprint density at radius 3 is 3.04 bits per heavy atom. The van der Waals surface area contributed by atoms with Crippen LogP contribution >= 0.6 is 0 Å². The molecule has 3 heterocycles. The first kappa shape index (κ1) is 17.3. The number of para-hydroxylation sites is 1. The normalized spacial score (nSPS) is 26.8. The van der Waals surface area contributed by atoms with Crippen molar-refractivity contribution in [2.75, 3.05) is 26.8 Å². The number of piperidine rings is 1. The minimum atomic E-state index is -0.500. The predicted octanol–water partition coefficient (Wildman–Crippen LogP) is 2.67. The van der Waals surface area contributed by atoms with E-state index in [2.05, 4.69) is 40.7 Å². The second kappa shape index (κ2) is 6.89. The summed E-state index contributed by atoms with van der Waals surface area (Å²) in [5.41, 5.74) is 3.84. The number of hydrogen-bond donors (Lipinski definition) is 2. The van der Waals surface area contributed by atoms with Crippen molar-refractivity contribution in [3.63, 3.8) is 0 Å². The first-order chi connectivity index (χ1) is 12.7. The molecule has 4 atom stereocenters. The van der Waals surface area contributed by atoms with Crippen LogP contribution in [0.4, 0.5) is 0 Å². The monoisotopic (exact) mass is 354 g/mol. The zero-order valence-electron chi connectivity index (χ0n) is 15.1. The highest BCUT2D eigenvalue weighted by Crippen LogP contribution is 2.45. The van der Waals surface area contributed by atoms with Gasteiger partial charge in [-0.25, -0.2) is 0 Å². The van der Waals surface area contributed by atoms with Crippen molar-refractivity contribution in [3.05, 3.63) is 48.2 Å². The van der Waals surface area contributed by atoms with Crippen LogP contribution in [0.3, 0.4) is 0 Å². The van der Waals surface area contributed by atoms with Crippen LogP contribution in [0.2, 0.25) is 0 Å². The van der Waals surface area contributed by atoms with Gasteiger partial charge in [0.05, 0.1) is 25.7 Å². The molecule has 2 aliphatic heterocycles. The molecule has 0 saturated carbocycles. The largest absolute Gasteiger partial charge is 0.469 e. The van der Waals surface area contributed by atoms with Gasteiger partial charge >= 0.3 is 5.97 Å². The summed E-state index contributed by atoms with van der Waals surface area (Å²) in [7, 11) is 1.39. The predicted molar refractivity (Wildman–Crippen MR) is 101 cm³/mol. The number of carbonyl (C=O) groups is 1. The Hall–Kier alpha value is -2.11. The van der Waals surface area contributed by atoms with Crippen molar-refractivity contribution < 1.29 is 14.6 Å². The van der Waals surface area contributed by atoms with E-state index in [-0.39, 0.29) is 30.5 Å². The molecule has 1 fully saturated rings. The van der Waals surface area contributed by atoms with Crippen LogP contribution in [0, 0.1) is 17.8 Å². The fourth-order valence-corrected chi connectivity index (χ4v) is 4.94. The maximum Gasteiger partial charge on any atom is 0.311 e. The van der Waals surface area contributed by atoms with Gasteiger partial charge in [-0.15, -0.1) is 6.58 Å². The number of aromatic amines is 1. The fraction of sp³-hybridized carbons (Fsp3) is 0.476. The van der Waals surface area contributed by atoms with Crippen molar-refractivity contribution in [3.8, 4) is 0 Å². The lowest BCUT2D eigenvalue weighted by molar-refractivity contribution is -0.151. The summed E-state index contributed by atoms with van der Waals surface area (Å²) in [4.78, 5) is 18.3. The summed E-state index contributed by atoms with van der Waals surface area (Å²) in [6, 6.07) is 8.68. The van der Waals surface area contributed by atoms with Gasteiger partial charge in [-0.1, -0.05) is 24.3 Å². The standard InChI is InChI=1S/C21H26N2O3/c1-3-13-11-23-9-8-15-14-6-4-5-7-18(14)22-20(15)19(23)10-16(13)17(12-24)21(25)26-2/h3-7,13,16-17,19,22,24H,1,8-12H2,2H3/t13-,16-,17?,19+/m0/s1. The molecule has 5 heteroatoms. The minimum absolute atomic E-state index is 0.0311. The molecule has 4 rings (SSSR count). The number of rotatable bonds is 4. The summed E-state index contributed by atoms with van der Waals surface area (Å²) in [6.45, 7) is 5.67. The first-order valence-corrected chi connectivity index (χ1v) is 9.32. The zero-order valence-corrected chi connectivity index (χ0v) is 15.1. The SMILES string of the molecule is C=C[C@H]1CN2CCc3c([nH]c4ccccc34)[C@H]2C[C@@H]1C(CO)C(=O)OC. The van der Waals surface area contributed by atoms with Gasteiger partial charge in [0.1, 0.15) is 0 Å². The van der Waals surface area contributed by atoms with Gasteiger partial charge in [0.25, 0.3) is 0 Å². The molecule has 1 aromatic carbocycles. The molecule has 138 valence electrons. The second-order valence-corrected chi connectivity index (χ2v) is 7.43. The fourth-order valence-electron chi connectivity index (χ4n) is 4.94. The van der Waals surface area contributed by atoms with Crippen molar-refractivity contribution in [2.24, 2.45) is 17.8 Å². The highest BCUT2D eigenvalue weighted by atomic mass is 16.5. The van der Waals surface area contributed by atoms with E-state index in [0.717, 1.165) is 25.9 Å². The van der Waals surface area contributed by atoms with Gasteiger partial charge in [0, 0.05) is 29.7 Å². The molecule has 0 spiro atoms. The van der Waals surface area contributed by atoms with E-state index in [4.69, 9.17) is 4.74 Å². The van der Waals surface area contributed by atoms with E-state index >= 15 is 0 Å². The van der Waals surface area contributed by atoms with E-state index in [0.29, 0.717) is 0 Å². The highest BCUT2D eigenvalue weighted by Gasteiger charge is 2.43. The molecule has 0 bridgehead atoms. The van der Waals surface area contributed by atoms with Crippen LogP contribution in [-0.2, 0) is 16.0 Å². The number of ether oxygens (including phenoxy) is 1. The van der Waals surface area contributed by atoms with E-state index in [1.165, 1.54) is 29.3 Å². The molecule has 1 unspecified atom stereocenters. The quantitative estimate of drug-likeness (QED) is 0.654. The summed E-state index contributed by atoms with van der Waals surface area (Å²) < 4.78 is 4.95. The Bertz CT molecular complexity index is 828. The Labute approximate surface area is 153 Å². The molecule has 2 aromatic rings. The molecular weight excluding hydrogens is 328 g/mol. The number of aliphatic hydroxyl groups is 1. The van der Waals surface area contributed by atoms with Crippen LogP contribution < -0.4 is 0 Å². The third kappa shape index (κ3) is 2.66. The van der Waals surface area contributed by atoms with Crippen molar-refractivity contribution in [2.45, 2.75) is 18.9 Å². The number of aromatic nitrogens is 1. The Morgan fingerprint density at radius 2 is 2.31 bits per heavy atom. The number of nitrogens with zero attached hydrogens (tertiary/aromatic N) is 1. The third-order valence-electron chi connectivity index (χ3n) is 6.28. The maximum atomic E-state index is 12.2. The van der Waals surface area contributed by atoms with Crippen LogP contribution in [0.1, 0.15) is 23.7 Å². The van der Waals surface area contributed by atoms with Gasteiger partial charge in [-0.3, -0.25) is 9.69 Å². The summed E-state index contributed by atoms with van der Waals surface area (Å²) in [5.74, 6) is -0.623. The van der Waals surface area contributed by atoms with Gasteiger partial charge in [0.15, 0.2) is 0 Å². The maximum absolute atomic E-state index is 12.2. The number of benzene rings is 1. The number of nitrogens with one attached hydrogen (secondary N) is 1. The van der Waals surface area contributed by atoms with E-state index in [1.54, 1.807) is 0 Å². The zero-order chi connectivity index (χ0) is 18.3. The molecule has 2 N–H and O–H groups in total. The number of fused-ring (bicyclic) bond motifs is 5. The second-order valence-electron chi connectivity index (χ2n) is 7.43. The lowest BCUT2D eigenvalue weighted by Gasteiger charge is -2.47. The summed E-state index contributed by atoms with van der Waals surface area (Å²) in [6.07, 6.45) is 3.79. The topological polar surface area (TPSA) is 65.6 Å². The number of aliphatic hydroxyl groups excluding tert-OH is 1. The summed E-state index contributed by atoms with van der Waals surface area (Å²) >= 11 is 0. The molecule has 1 aromatic heterocycles. The lowest BCUT2D eigenvalue weighted by Crippen LogP contribution is -2.48. The average molecular weight is 354 g/mol. The molecule has 26 heavy (non-hydrogen) atoms. The van der Waals surface area contributed by atoms with E-state index in [9.17, 15) is 9.90 Å². The molecule has 1 saturated heterocycles. The van der Waals surface area contributed by atoms with Crippen molar-refractivity contribution in [1.82, 2.24) is 9.88 Å².